The second-order valence-electron chi connectivity index (χ2n) is 3.81. The monoisotopic (exact) mass is 321 g/mol. The van der Waals surface area contributed by atoms with Crippen molar-refractivity contribution in [3.05, 3.63) is 33.3 Å². The smallest absolute Gasteiger partial charge is 0.242 e. The fourth-order valence-electron chi connectivity index (χ4n) is 1.35. The third kappa shape index (κ3) is 2.90. The van der Waals surface area contributed by atoms with E-state index in [1.165, 1.54) is 0 Å². The second kappa shape index (κ2) is 4.94. The van der Waals surface area contributed by atoms with Crippen LogP contribution in [0.25, 0.3) is 0 Å². The molecule has 0 radical (unpaired) electrons. The quantitative estimate of drug-likeness (QED) is 0.845. The highest BCUT2D eigenvalue weighted by Gasteiger charge is 2.28. The lowest BCUT2D eigenvalue weighted by atomic mass is 10.1. The maximum Gasteiger partial charge on any atom is 0.242 e. The van der Waals surface area contributed by atoms with Gasteiger partial charge in [0.2, 0.25) is 5.91 Å². The number of benzene rings is 1. The molecule has 1 fully saturated rings. The minimum atomic E-state index is -0.674. The van der Waals surface area contributed by atoms with Crippen LogP contribution in [0.15, 0.2) is 22.7 Å². The van der Waals surface area contributed by atoms with Crippen molar-refractivity contribution in [2.45, 2.75) is 24.3 Å². The number of rotatable bonds is 3. The highest BCUT2D eigenvalue weighted by molar-refractivity contribution is 9.10. The molecule has 16 heavy (non-hydrogen) atoms. The number of hydrogen-bond acceptors (Lipinski definition) is 1. The van der Waals surface area contributed by atoms with Gasteiger partial charge in [-0.1, -0.05) is 33.6 Å². The van der Waals surface area contributed by atoms with Crippen molar-refractivity contribution in [3.63, 3.8) is 0 Å². The van der Waals surface area contributed by atoms with Gasteiger partial charge >= 0.3 is 0 Å². The fourth-order valence-corrected chi connectivity index (χ4v) is 2.65. The van der Waals surface area contributed by atoms with E-state index >= 15 is 0 Å². The first-order valence-electron chi connectivity index (χ1n) is 4.97. The third-order valence-electron chi connectivity index (χ3n) is 2.39. The summed E-state index contributed by atoms with van der Waals surface area (Å²) < 4.78 is 0.756. The van der Waals surface area contributed by atoms with Crippen molar-refractivity contribution in [1.82, 2.24) is 5.32 Å². The van der Waals surface area contributed by atoms with E-state index in [0.29, 0.717) is 11.1 Å². The van der Waals surface area contributed by atoms with Gasteiger partial charge in [-0.3, -0.25) is 4.79 Å². The molecular weight excluding hydrogens is 313 g/mol. The average molecular weight is 323 g/mol. The molecule has 0 aliphatic heterocycles. The lowest BCUT2D eigenvalue weighted by Crippen LogP contribution is -2.28. The van der Waals surface area contributed by atoms with Crippen molar-refractivity contribution in [3.8, 4) is 0 Å². The Morgan fingerprint density at radius 1 is 1.50 bits per heavy atom. The molecule has 1 amide bonds. The van der Waals surface area contributed by atoms with Crippen molar-refractivity contribution >= 4 is 45.0 Å². The van der Waals surface area contributed by atoms with Gasteiger partial charge in [0.05, 0.1) is 0 Å². The summed E-state index contributed by atoms with van der Waals surface area (Å²) in [6.07, 6.45) is 2.11. The van der Waals surface area contributed by atoms with E-state index in [1.54, 1.807) is 18.2 Å². The summed E-state index contributed by atoms with van der Waals surface area (Å²) in [4.78, 5) is 11.7. The van der Waals surface area contributed by atoms with Crippen LogP contribution in [0, 0.1) is 0 Å². The molecule has 2 nitrogen and oxygen atoms in total. The Balaban J connectivity index is 2.12. The number of hydrogen-bond donors (Lipinski definition) is 1. The van der Waals surface area contributed by atoms with Gasteiger partial charge < -0.3 is 5.32 Å². The van der Waals surface area contributed by atoms with Crippen molar-refractivity contribution in [2.24, 2.45) is 0 Å². The number of nitrogens with one attached hydrogen (secondary N) is 1. The van der Waals surface area contributed by atoms with Crippen molar-refractivity contribution in [1.29, 1.82) is 0 Å². The molecule has 5 heteroatoms. The largest absolute Gasteiger partial charge is 0.352 e. The first-order chi connectivity index (χ1) is 7.58. The Morgan fingerprint density at radius 3 is 2.75 bits per heavy atom. The first-order valence-corrected chi connectivity index (χ1v) is 6.58. The maximum atomic E-state index is 11.7. The normalized spacial score (nSPS) is 16.9. The molecule has 0 spiro atoms. The van der Waals surface area contributed by atoms with E-state index in [4.69, 9.17) is 23.2 Å². The summed E-state index contributed by atoms with van der Waals surface area (Å²) in [5, 5.41) is 2.81. The zero-order valence-electron chi connectivity index (χ0n) is 8.34. The summed E-state index contributed by atoms with van der Waals surface area (Å²) in [6, 6.07) is 5.54. The highest BCUT2D eigenvalue weighted by atomic mass is 79.9. The zero-order valence-corrected chi connectivity index (χ0v) is 11.4. The van der Waals surface area contributed by atoms with Gasteiger partial charge in [0, 0.05) is 15.5 Å². The van der Waals surface area contributed by atoms with Crippen LogP contribution < -0.4 is 5.32 Å². The van der Waals surface area contributed by atoms with Gasteiger partial charge in [0.15, 0.2) is 0 Å². The van der Waals surface area contributed by atoms with Crippen LogP contribution in [0.3, 0.4) is 0 Å². The molecule has 0 bridgehead atoms. The topological polar surface area (TPSA) is 29.1 Å². The molecule has 86 valence electrons. The third-order valence-corrected chi connectivity index (χ3v) is 3.74. The van der Waals surface area contributed by atoms with Gasteiger partial charge in [-0.15, -0.1) is 11.6 Å². The first kappa shape index (κ1) is 12.2. The SMILES string of the molecule is O=C(NC1CC1)C(Cl)c1ccc(Cl)cc1Br. The summed E-state index contributed by atoms with van der Waals surface area (Å²) in [7, 11) is 0. The van der Waals surface area contributed by atoms with Crippen molar-refractivity contribution in [2.75, 3.05) is 0 Å². The summed E-state index contributed by atoms with van der Waals surface area (Å²) in [5.74, 6) is -0.146. The van der Waals surface area contributed by atoms with Gasteiger partial charge in [0.25, 0.3) is 0 Å². The van der Waals surface area contributed by atoms with E-state index in [0.717, 1.165) is 22.9 Å². The standard InChI is InChI=1S/C11H10BrCl2NO/c12-9-5-6(13)1-4-8(9)10(14)11(16)15-7-2-3-7/h1,4-5,7,10H,2-3H2,(H,15,16). The predicted octanol–water partition coefficient (Wildman–Crippen LogP) is 3.66. The Morgan fingerprint density at radius 2 is 2.19 bits per heavy atom. The molecule has 1 aromatic rings. The van der Waals surface area contributed by atoms with Gasteiger partial charge in [0.1, 0.15) is 5.38 Å². The fraction of sp³-hybridized carbons (Fsp3) is 0.364. The van der Waals surface area contributed by atoms with Crippen molar-refractivity contribution < 1.29 is 4.79 Å². The van der Waals surface area contributed by atoms with E-state index in [2.05, 4.69) is 21.2 Å². The van der Waals surface area contributed by atoms with E-state index in [-0.39, 0.29) is 5.91 Å². The molecule has 2 rings (SSSR count). The van der Waals surface area contributed by atoms with Crippen LogP contribution in [0.1, 0.15) is 23.8 Å². The van der Waals surface area contributed by atoms with Crippen LogP contribution in [-0.2, 0) is 4.79 Å². The molecule has 0 aromatic heterocycles. The summed E-state index contributed by atoms with van der Waals surface area (Å²) in [6.45, 7) is 0. The molecular formula is C11H10BrCl2NO. The Hall–Kier alpha value is -0.250. The van der Waals surface area contributed by atoms with Gasteiger partial charge in [-0.25, -0.2) is 0 Å². The summed E-state index contributed by atoms with van der Waals surface area (Å²) >= 11 is 15.3. The molecule has 1 aliphatic rings. The molecule has 1 aromatic carbocycles. The van der Waals surface area contributed by atoms with E-state index in [1.807, 2.05) is 0 Å². The van der Waals surface area contributed by atoms with Crippen LogP contribution in [0.5, 0.6) is 0 Å². The van der Waals surface area contributed by atoms with Crippen LogP contribution in [0.4, 0.5) is 0 Å². The number of carbonyl (C=O) groups excluding carboxylic acids is 1. The predicted molar refractivity (Wildman–Crippen MR) is 68.9 cm³/mol. The molecule has 1 aliphatic carbocycles. The Labute approximate surface area is 112 Å². The van der Waals surface area contributed by atoms with Crippen LogP contribution >= 0.6 is 39.1 Å². The van der Waals surface area contributed by atoms with Gasteiger partial charge in [-0.2, -0.15) is 0 Å². The maximum absolute atomic E-state index is 11.7. The van der Waals surface area contributed by atoms with Crippen LogP contribution in [-0.4, -0.2) is 11.9 Å². The Kier molecular flexibility index (Phi) is 3.77. The lowest BCUT2D eigenvalue weighted by Gasteiger charge is -2.12. The highest BCUT2D eigenvalue weighted by Crippen LogP contribution is 2.31. The number of halogens is 3. The molecule has 1 N–H and O–H groups in total. The molecule has 0 heterocycles. The van der Waals surface area contributed by atoms with Gasteiger partial charge in [-0.05, 0) is 30.5 Å². The van der Waals surface area contributed by atoms with E-state index in [9.17, 15) is 4.79 Å². The van der Waals surface area contributed by atoms with Crippen LogP contribution in [0.2, 0.25) is 5.02 Å². The number of amides is 1. The number of carbonyl (C=O) groups is 1. The number of alkyl halides is 1. The second-order valence-corrected chi connectivity index (χ2v) is 5.54. The zero-order chi connectivity index (χ0) is 11.7. The molecule has 1 unspecified atom stereocenters. The average Bonchev–Trinajstić information content (AvgIpc) is 3.00. The summed E-state index contributed by atoms with van der Waals surface area (Å²) in [5.41, 5.74) is 0.740. The minimum Gasteiger partial charge on any atom is -0.352 e. The van der Waals surface area contributed by atoms with E-state index < -0.39 is 5.38 Å². The lowest BCUT2D eigenvalue weighted by molar-refractivity contribution is -0.121. The molecule has 1 saturated carbocycles. The Bertz CT molecular complexity index is 420. The minimum absolute atomic E-state index is 0.146. The molecule has 0 saturated heterocycles. The molecule has 1 atom stereocenters.